The number of rotatable bonds is 8. The molecule has 9 heteroatoms. The molecule has 1 aromatic heterocycles. The Morgan fingerprint density at radius 3 is 2.52 bits per heavy atom. The zero-order valence-corrected chi connectivity index (χ0v) is 19.6. The lowest BCUT2D eigenvalue weighted by molar-refractivity contribution is -0.385. The van der Waals surface area contributed by atoms with Crippen molar-refractivity contribution >= 4 is 49.9 Å². The quantitative estimate of drug-likeness (QED) is 0.329. The first-order valence-electron chi connectivity index (χ1n) is 10.1. The van der Waals surface area contributed by atoms with Gasteiger partial charge in [-0.2, -0.15) is 0 Å². The van der Waals surface area contributed by atoms with Crippen molar-refractivity contribution < 1.29 is 9.72 Å². The van der Waals surface area contributed by atoms with Gasteiger partial charge in [-0.1, -0.05) is 42.9 Å². The van der Waals surface area contributed by atoms with Crippen molar-refractivity contribution in [1.29, 1.82) is 0 Å². The van der Waals surface area contributed by atoms with E-state index in [-0.39, 0.29) is 16.3 Å². The Labute approximate surface area is 190 Å². The molecule has 0 unspecified atom stereocenters. The molecule has 164 valence electrons. The number of fused-ring (bicyclic) bond motifs is 1. The second-order valence-electron chi connectivity index (χ2n) is 7.25. The van der Waals surface area contributed by atoms with Crippen molar-refractivity contribution in [2.45, 2.75) is 27.7 Å². The number of carbonyl (C=O) groups excluding carboxylic acids is 1. The van der Waals surface area contributed by atoms with Crippen molar-refractivity contribution in [1.82, 2.24) is 9.88 Å². The summed E-state index contributed by atoms with van der Waals surface area (Å²) in [7, 11) is 0. The standard InChI is InChI=1S/C22H25ClN4O3S/c1-5-25(6-2)11-12-26(21(28)17-13-16(23)8-9-18(17)27(29)30)22-24-20-15(4)14(3)7-10-19(20)31-22/h7-10,13H,5-6,11-12H2,1-4H3. The summed E-state index contributed by atoms with van der Waals surface area (Å²) >= 11 is 7.49. The Morgan fingerprint density at radius 1 is 1.16 bits per heavy atom. The largest absolute Gasteiger partial charge is 0.302 e. The molecule has 1 amide bonds. The molecule has 0 aliphatic heterocycles. The molecule has 31 heavy (non-hydrogen) atoms. The van der Waals surface area contributed by atoms with Gasteiger partial charge in [0.1, 0.15) is 5.56 Å². The highest BCUT2D eigenvalue weighted by atomic mass is 35.5. The number of amides is 1. The Bertz CT molecular complexity index is 1130. The normalized spacial score (nSPS) is 11.3. The van der Waals surface area contributed by atoms with Crippen molar-refractivity contribution in [3.63, 3.8) is 0 Å². The monoisotopic (exact) mass is 460 g/mol. The number of aryl methyl sites for hydroxylation is 2. The van der Waals surface area contributed by atoms with Crippen LogP contribution in [0.15, 0.2) is 30.3 Å². The van der Waals surface area contributed by atoms with Gasteiger partial charge >= 0.3 is 0 Å². The van der Waals surface area contributed by atoms with Gasteiger partial charge in [0, 0.05) is 24.2 Å². The lowest BCUT2D eigenvalue weighted by Gasteiger charge is -2.24. The fourth-order valence-corrected chi connectivity index (χ4v) is 4.60. The lowest BCUT2D eigenvalue weighted by Crippen LogP contribution is -2.39. The molecule has 3 aromatic rings. The third-order valence-electron chi connectivity index (χ3n) is 5.47. The van der Waals surface area contributed by atoms with E-state index in [0.717, 1.165) is 34.4 Å². The Kier molecular flexibility index (Phi) is 7.25. The van der Waals surface area contributed by atoms with Crippen LogP contribution in [0.1, 0.15) is 35.3 Å². The molecule has 0 spiro atoms. The van der Waals surface area contributed by atoms with Crippen LogP contribution in [-0.2, 0) is 0 Å². The molecule has 0 aliphatic carbocycles. The van der Waals surface area contributed by atoms with Gasteiger partial charge in [0.05, 0.1) is 15.1 Å². The summed E-state index contributed by atoms with van der Waals surface area (Å²) in [5, 5.41) is 12.3. The van der Waals surface area contributed by atoms with Crippen molar-refractivity contribution in [2.75, 3.05) is 31.1 Å². The lowest BCUT2D eigenvalue weighted by atomic mass is 10.1. The molecule has 3 rings (SSSR count). The van der Waals surface area contributed by atoms with E-state index < -0.39 is 10.8 Å². The number of likely N-dealkylation sites (N-methyl/N-ethyl adjacent to an activating group) is 1. The van der Waals surface area contributed by atoms with Crippen LogP contribution in [0.5, 0.6) is 0 Å². The zero-order chi connectivity index (χ0) is 22.7. The molecule has 0 aliphatic rings. The highest BCUT2D eigenvalue weighted by molar-refractivity contribution is 7.22. The number of aromatic nitrogens is 1. The predicted molar refractivity (Wildman–Crippen MR) is 127 cm³/mol. The van der Waals surface area contributed by atoms with Crippen LogP contribution >= 0.6 is 22.9 Å². The van der Waals surface area contributed by atoms with Crippen molar-refractivity contribution in [3.05, 3.63) is 62.2 Å². The first-order chi connectivity index (χ1) is 14.8. The SMILES string of the molecule is CCN(CC)CCN(C(=O)c1cc(Cl)ccc1[N+](=O)[O-])c1nc2c(C)c(C)ccc2s1. The minimum atomic E-state index is -0.558. The molecule has 0 bridgehead atoms. The Hall–Kier alpha value is -2.55. The molecule has 2 aromatic carbocycles. The van der Waals surface area contributed by atoms with E-state index in [9.17, 15) is 14.9 Å². The summed E-state index contributed by atoms with van der Waals surface area (Å²) in [5.41, 5.74) is 2.72. The average Bonchev–Trinajstić information content (AvgIpc) is 3.18. The molecule has 7 nitrogen and oxygen atoms in total. The number of anilines is 1. The van der Waals surface area contributed by atoms with E-state index in [0.29, 0.717) is 18.2 Å². The number of nitro benzene ring substituents is 1. The fourth-order valence-electron chi connectivity index (χ4n) is 3.38. The first kappa shape index (κ1) is 23.1. The highest BCUT2D eigenvalue weighted by Gasteiger charge is 2.28. The number of thiazole rings is 1. The van der Waals surface area contributed by atoms with Crippen LogP contribution in [0.25, 0.3) is 10.2 Å². The van der Waals surface area contributed by atoms with Gasteiger partial charge in [-0.25, -0.2) is 4.98 Å². The smallest absolute Gasteiger partial charge is 0.282 e. The maximum absolute atomic E-state index is 13.6. The van der Waals surface area contributed by atoms with Crippen molar-refractivity contribution in [3.8, 4) is 0 Å². The van der Waals surface area contributed by atoms with E-state index in [2.05, 4.69) is 18.7 Å². The van der Waals surface area contributed by atoms with Gasteiger partial charge in [0.2, 0.25) is 0 Å². The summed E-state index contributed by atoms with van der Waals surface area (Å²) in [5.74, 6) is -0.477. The van der Waals surface area contributed by atoms with E-state index in [1.54, 1.807) is 0 Å². The third-order valence-corrected chi connectivity index (χ3v) is 6.75. The molecule has 0 saturated heterocycles. The van der Waals surface area contributed by atoms with Crippen LogP contribution in [0.2, 0.25) is 5.02 Å². The molecular weight excluding hydrogens is 436 g/mol. The van der Waals surface area contributed by atoms with E-state index >= 15 is 0 Å². The molecule has 0 N–H and O–H groups in total. The van der Waals surface area contributed by atoms with Crippen LogP contribution < -0.4 is 4.90 Å². The molecular formula is C22H25ClN4O3S. The maximum Gasteiger partial charge on any atom is 0.282 e. The predicted octanol–water partition coefficient (Wildman–Crippen LogP) is 5.46. The van der Waals surface area contributed by atoms with E-state index in [1.807, 2.05) is 26.0 Å². The third kappa shape index (κ3) is 4.87. The summed E-state index contributed by atoms with van der Waals surface area (Å²) in [4.78, 5) is 33.0. The first-order valence-corrected chi connectivity index (χ1v) is 11.3. The average molecular weight is 461 g/mol. The number of hydrogen-bond donors (Lipinski definition) is 0. The summed E-state index contributed by atoms with van der Waals surface area (Å²) in [6.45, 7) is 10.8. The fraction of sp³-hybridized carbons (Fsp3) is 0.364. The highest BCUT2D eigenvalue weighted by Crippen LogP contribution is 2.34. The number of benzene rings is 2. The van der Waals surface area contributed by atoms with Gasteiger partial charge < -0.3 is 4.90 Å². The molecule has 0 fully saturated rings. The number of nitro groups is 1. The topological polar surface area (TPSA) is 79.6 Å². The number of nitrogens with zero attached hydrogens (tertiary/aromatic N) is 4. The molecule has 0 atom stereocenters. The minimum absolute atomic E-state index is 0.0378. The van der Waals surface area contributed by atoms with Crippen LogP contribution in [0.3, 0.4) is 0 Å². The summed E-state index contributed by atoms with van der Waals surface area (Å²) < 4.78 is 0.972. The number of halogens is 1. The minimum Gasteiger partial charge on any atom is -0.302 e. The van der Waals surface area contributed by atoms with Crippen LogP contribution in [-0.4, -0.2) is 46.9 Å². The second-order valence-corrected chi connectivity index (χ2v) is 8.70. The van der Waals surface area contributed by atoms with Crippen LogP contribution in [0, 0.1) is 24.0 Å². The Morgan fingerprint density at radius 2 is 1.87 bits per heavy atom. The van der Waals surface area contributed by atoms with Gasteiger partial charge in [0.15, 0.2) is 5.13 Å². The van der Waals surface area contributed by atoms with Crippen molar-refractivity contribution in [2.24, 2.45) is 0 Å². The molecule has 0 saturated carbocycles. The second kappa shape index (κ2) is 9.72. The van der Waals surface area contributed by atoms with Gasteiger partial charge in [0.25, 0.3) is 11.6 Å². The van der Waals surface area contributed by atoms with E-state index in [1.165, 1.54) is 34.4 Å². The van der Waals surface area contributed by atoms with E-state index in [4.69, 9.17) is 16.6 Å². The van der Waals surface area contributed by atoms with Crippen LogP contribution in [0.4, 0.5) is 10.8 Å². The molecule has 1 heterocycles. The summed E-state index contributed by atoms with van der Waals surface area (Å²) in [6, 6.07) is 8.07. The number of hydrogen-bond acceptors (Lipinski definition) is 6. The Balaban J connectivity index is 2.09. The summed E-state index contributed by atoms with van der Waals surface area (Å²) in [6.07, 6.45) is 0. The maximum atomic E-state index is 13.6. The zero-order valence-electron chi connectivity index (χ0n) is 18.0. The van der Waals surface area contributed by atoms with Gasteiger partial charge in [-0.3, -0.25) is 19.8 Å². The van der Waals surface area contributed by atoms with Gasteiger partial charge in [-0.05, 0) is 56.3 Å². The molecule has 0 radical (unpaired) electrons. The van der Waals surface area contributed by atoms with Gasteiger partial charge in [-0.15, -0.1) is 0 Å². The number of carbonyl (C=O) groups is 1.